The Bertz CT molecular complexity index is 183. The zero-order valence-corrected chi connectivity index (χ0v) is 7.34. The highest BCUT2D eigenvalue weighted by Gasteiger charge is 2.36. The van der Waals surface area contributed by atoms with Crippen LogP contribution in [0.25, 0.3) is 0 Å². The van der Waals surface area contributed by atoms with Crippen LogP contribution in [-0.4, -0.2) is 23.0 Å². The Hall–Kier alpha value is -0.570. The Kier molecular flexibility index (Phi) is 2.05. The Morgan fingerprint density at radius 1 is 1.25 bits per heavy atom. The summed E-state index contributed by atoms with van der Waals surface area (Å²) in [6.07, 6.45) is 6.89. The van der Waals surface area contributed by atoms with Gasteiger partial charge in [-0.2, -0.15) is 0 Å². The second-order valence-corrected chi connectivity index (χ2v) is 3.98. The summed E-state index contributed by atoms with van der Waals surface area (Å²) in [5, 5.41) is 15.5. The van der Waals surface area contributed by atoms with Crippen molar-refractivity contribution in [3.8, 4) is 0 Å². The second kappa shape index (κ2) is 3.05. The molecule has 2 aliphatic rings. The number of hydrogen-bond donors (Lipinski definition) is 2. The average Bonchev–Trinajstić information content (AvgIpc) is 2.55. The van der Waals surface area contributed by atoms with Gasteiger partial charge in [0, 0.05) is 5.54 Å². The minimum absolute atomic E-state index is 0.411. The summed E-state index contributed by atoms with van der Waals surface area (Å²) in [4.78, 5) is 0. The molecular formula is C9H16N2O. The van der Waals surface area contributed by atoms with E-state index in [-0.39, 0.29) is 0 Å². The number of hydrogen-bond acceptors (Lipinski definition) is 3. The number of rotatable bonds is 0. The molecule has 1 saturated heterocycles. The lowest BCUT2D eigenvalue weighted by Crippen LogP contribution is -2.43. The van der Waals surface area contributed by atoms with Crippen LogP contribution in [-0.2, 0) is 0 Å². The van der Waals surface area contributed by atoms with Crippen LogP contribution < -0.4 is 5.32 Å². The van der Waals surface area contributed by atoms with Crippen molar-refractivity contribution in [3.63, 3.8) is 0 Å². The smallest absolute Gasteiger partial charge is 0.0572 e. The molecule has 2 fully saturated rings. The molecular weight excluding hydrogens is 152 g/mol. The van der Waals surface area contributed by atoms with Crippen LogP contribution in [0.15, 0.2) is 5.16 Å². The molecule has 1 aliphatic carbocycles. The summed E-state index contributed by atoms with van der Waals surface area (Å²) in [6, 6.07) is 0. The van der Waals surface area contributed by atoms with Gasteiger partial charge in [-0.25, -0.2) is 0 Å². The van der Waals surface area contributed by atoms with Gasteiger partial charge in [0.25, 0.3) is 0 Å². The quantitative estimate of drug-likeness (QED) is 0.425. The van der Waals surface area contributed by atoms with Gasteiger partial charge in [-0.1, -0.05) is 5.16 Å². The fraction of sp³-hybridized carbons (Fsp3) is 0.889. The van der Waals surface area contributed by atoms with E-state index in [1.807, 2.05) is 0 Å². The number of nitrogens with zero attached hydrogens (tertiary/aromatic N) is 1. The lowest BCUT2D eigenvalue weighted by atomic mass is 9.80. The predicted molar refractivity (Wildman–Crippen MR) is 47.7 cm³/mol. The van der Waals surface area contributed by atoms with E-state index in [9.17, 15) is 0 Å². The molecule has 0 amide bonds. The Morgan fingerprint density at radius 2 is 2.00 bits per heavy atom. The average molecular weight is 168 g/mol. The molecule has 12 heavy (non-hydrogen) atoms. The molecule has 0 bridgehead atoms. The summed E-state index contributed by atoms with van der Waals surface area (Å²) >= 11 is 0. The molecule has 1 spiro atoms. The van der Waals surface area contributed by atoms with E-state index in [0.29, 0.717) is 5.54 Å². The van der Waals surface area contributed by atoms with Crippen molar-refractivity contribution in [1.82, 2.24) is 5.32 Å². The molecule has 0 radical (unpaired) electrons. The minimum atomic E-state index is 0.411. The zero-order chi connectivity index (χ0) is 8.44. The molecule has 68 valence electrons. The maximum absolute atomic E-state index is 8.59. The van der Waals surface area contributed by atoms with Crippen LogP contribution in [0.2, 0.25) is 0 Å². The van der Waals surface area contributed by atoms with Gasteiger partial charge in [0.15, 0.2) is 0 Å². The fourth-order valence-corrected chi connectivity index (χ4v) is 2.41. The van der Waals surface area contributed by atoms with E-state index in [1.54, 1.807) is 0 Å². The van der Waals surface area contributed by atoms with Crippen LogP contribution >= 0.6 is 0 Å². The van der Waals surface area contributed by atoms with E-state index < -0.39 is 0 Å². The van der Waals surface area contributed by atoms with Gasteiger partial charge in [0.1, 0.15) is 0 Å². The highest BCUT2D eigenvalue weighted by molar-refractivity contribution is 5.84. The molecule has 1 saturated carbocycles. The first kappa shape index (κ1) is 8.05. The highest BCUT2D eigenvalue weighted by Crippen LogP contribution is 2.33. The van der Waals surface area contributed by atoms with Gasteiger partial charge in [-0.15, -0.1) is 0 Å². The van der Waals surface area contributed by atoms with Crippen LogP contribution in [0.5, 0.6) is 0 Å². The van der Waals surface area contributed by atoms with Gasteiger partial charge < -0.3 is 10.5 Å². The lowest BCUT2D eigenvalue weighted by molar-refractivity contribution is 0.290. The van der Waals surface area contributed by atoms with E-state index in [4.69, 9.17) is 5.21 Å². The van der Waals surface area contributed by atoms with Crippen LogP contribution in [0.3, 0.4) is 0 Å². The standard InChI is InChI=1S/C9H16N2O/c12-11-8-2-5-9(6-3-8)4-1-7-10-9/h10,12H,1-7H2. The molecule has 0 aromatic carbocycles. The van der Waals surface area contributed by atoms with Crippen molar-refractivity contribution >= 4 is 5.71 Å². The monoisotopic (exact) mass is 168 g/mol. The Balaban J connectivity index is 1.97. The largest absolute Gasteiger partial charge is 0.411 e. The Morgan fingerprint density at radius 3 is 2.50 bits per heavy atom. The van der Waals surface area contributed by atoms with Gasteiger partial charge in [0.05, 0.1) is 5.71 Å². The number of oxime groups is 1. The Labute approximate surface area is 72.8 Å². The fourth-order valence-electron chi connectivity index (χ4n) is 2.41. The summed E-state index contributed by atoms with van der Waals surface area (Å²) < 4.78 is 0. The first-order valence-electron chi connectivity index (χ1n) is 4.79. The van der Waals surface area contributed by atoms with Crippen molar-refractivity contribution in [2.45, 2.75) is 44.1 Å². The maximum Gasteiger partial charge on any atom is 0.0572 e. The molecule has 0 aromatic rings. The zero-order valence-electron chi connectivity index (χ0n) is 7.34. The third-order valence-corrected chi connectivity index (χ3v) is 3.26. The topological polar surface area (TPSA) is 44.6 Å². The molecule has 3 nitrogen and oxygen atoms in total. The third kappa shape index (κ3) is 1.33. The van der Waals surface area contributed by atoms with Crippen molar-refractivity contribution in [1.29, 1.82) is 0 Å². The summed E-state index contributed by atoms with van der Waals surface area (Å²) in [5.74, 6) is 0. The van der Waals surface area contributed by atoms with E-state index >= 15 is 0 Å². The summed E-state index contributed by atoms with van der Waals surface area (Å²) in [7, 11) is 0. The van der Waals surface area contributed by atoms with Gasteiger partial charge in [-0.3, -0.25) is 0 Å². The summed E-state index contributed by atoms with van der Waals surface area (Å²) in [6.45, 7) is 1.17. The van der Waals surface area contributed by atoms with Crippen molar-refractivity contribution in [3.05, 3.63) is 0 Å². The van der Waals surface area contributed by atoms with Crippen LogP contribution in [0.1, 0.15) is 38.5 Å². The van der Waals surface area contributed by atoms with Gasteiger partial charge >= 0.3 is 0 Å². The van der Waals surface area contributed by atoms with E-state index in [0.717, 1.165) is 31.4 Å². The minimum Gasteiger partial charge on any atom is -0.411 e. The lowest BCUT2D eigenvalue weighted by Gasteiger charge is -2.33. The summed E-state index contributed by atoms with van der Waals surface area (Å²) in [5.41, 5.74) is 1.39. The SMILES string of the molecule is ON=C1CCC2(CCCN2)CC1. The van der Waals surface area contributed by atoms with E-state index in [2.05, 4.69) is 10.5 Å². The molecule has 1 heterocycles. The maximum atomic E-state index is 8.59. The van der Waals surface area contributed by atoms with Crippen LogP contribution in [0, 0.1) is 0 Å². The van der Waals surface area contributed by atoms with Crippen molar-refractivity contribution in [2.75, 3.05) is 6.54 Å². The normalized spacial score (nSPS) is 35.8. The third-order valence-electron chi connectivity index (χ3n) is 3.26. The van der Waals surface area contributed by atoms with Gasteiger partial charge in [-0.05, 0) is 45.1 Å². The van der Waals surface area contributed by atoms with Crippen molar-refractivity contribution < 1.29 is 5.21 Å². The number of nitrogens with one attached hydrogen (secondary N) is 1. The van der Waals surface area contributed by atoms with Gasteiger partial charge in [0.2, 0.25) is 0 Å². The predicted octanol–water partition coefficient (Wildman–Crippen LogP) is 1.51. The molecule has 3 heteroatoms. The van der Waals surface area contributed by atoms with Crippen LogP contribution in [0.4, 0.5) is 0 Å². The molecule has 0 atom stereocenters. The molecule has 1 aliphatic heterocycles. The second-order valence-electron chi connectivity index (χ2n) is 3.98. The highest BCUT2D eigenvalue weighted by atomic mass is 16.4. The molecule has 0 unspecified atom stereocenters. The molecule has 0 aromatic heterocycles. The van der Waals surface area contributed by atoms with E-state index in [1.165, 1.54) is 19.4 Å². The first-order chi connectivity index (χ1) is 5.85. The van der Waals surface area contributed by atoms with Crippen molar-refractivity contribution in [2.24, 2.45) is 5.16 Å². The molecule has 2 rings (SSSR count). The molecule has 2 N–H and O–H groups in total. The first-order valence-corrected chi connectivity index (χ1v) is 4.79.